The Morgan fingerprint density at radius 1 is 0.735 bits per heavy atom. The van der Waals surface area contributed by atoms with Crippen LogP contribution in [0.5, 0.6) is 5.75 Å². The minimum absolute atomic E-state index is 0.104. The average Bonchev–Trinajstić information content (AvgIpc) is 3.58. The number of aromatic nitrogens is 1. The summed E-state index contributed by atoms with van der Waals surface area (Å²) in [5.41, 5.74) is 5.85. The van der Waals surface area contributed by atoms with Crippen molar-refractivity contribution in [2.75, 3.05) is 0 Å². The third-order valence-corrected chi connectivity index (χ3v) is 11.6. The van der Waals surface area contributed by atoms with Crippen molar-refractivity contribution in [2.24, 2.45) is 0 Å². The first-order valence-electron chi connectivity index (χ1n) is 16.5. The number of Topliss-reactive ketones (excluding diaryl/α,β-unsaturated/α-hetero) is 1. The standard InChI is InChI=1S/C43H35NO4S/c1-29-20-23-32(24-21-29)49(46,47)44-38-19-11-9-16-34(38)36(26-43(2)27-39(45)35-17-8-10-18-37(35)43)42(44)41-33-15-7-6-14-31(33)22-25-40(41)48-28-30-12-4-3-5-13-30/h3-25H,26-28H2,1-2H3/t43-/m0/s1. The molecule has 0 spiro atoms. The second kappa shape index (κ2) is 11.9. The molecule has 0 saturated carbocycles. The normalized spacial score (nSPS) is 15.9. The Balaban J connectivity index is 1.46. The van der Waals surface area contributed by atoms with Crippen molar-refractivity contribution >= 4 is 37.5 Å². The number of para-hydroxylation sites is 1. The van der Waals surface area contributed by atoms with Gasteiger partial charge in [-0.2, -0.15) is 0 Å². The van der Waals surface area contributed by atoms with Crippen molar-refractivity contribution in [1.82, 2.24) is 3.97 Å². The molecule has 0 aliphatic heterocycles. The van der Waals surface area contributed by atoms with E-state index in [2.05, 4.69) is 6.92 Å². The molecular weight excluding hydrogens is 627 g/mol. The van der Waals surface area contributed by atoms with E-state index in [1.807, 2.05) is 134 Å². The average molecular weight is 662 g/mol. The summed E-state index contributed by atoms with van der Waals surface area (Å²) in [6.07, 6.45) is 0.784. The largest absolute Gasteiger partial charge is 0.488 e. The van der Waals surface area contributed by atoms with Gasteiger partial charge in [0.15, 0.2) is 5.78 Å². The molecule has 0 radical (unpaired) electrons. The molecule has 1 aliphatic carbocycles. The summed E-state index contributed by atoms with van der Waals surface area (Å²) in [7, 11) is -4.12. The minimum Gasteiger partial charge on any atom is -0.488 e. The number of nitrogens with zero attached hydrogens (tertiary/aromatic N) is 1. The molecule has 1 aliphatic rings. The first-order chi connectivity index (χ1) is 23.7. The highest BCUT2D eigenvalue weighted by Gasteiger charge is 2.42. The highest BCUT2D eigenvalue weighted by atomic mass is 32.2. The maximum atomic E-state index is 15.0. The highest BCUT2D eigenvalue weighted by Crippen LogP contribution is 2.49. The Morgan fingerprint density at radius 3 is 2.20 bits per heavy atom. The summed E-state index contributed by atoms with van der Waals surface area (Å²) in [6.45, 7) is 4.38. The van der Waals surface area contributed by atoms with Crippen molar-refractivity contribution < 1.29 is 17.9 Å². The number of ether oxygens (including phenoxy) is 1. The monoisotopic (exact) mass is 661 g/mol. The zero-order chi connectivity index (χ0) is 33.8. The quantitative estimate of drug-likeness (QED) is 0.163. The number of hydrogen-bond acceptors (Lipinski definition) is 4. The molecule has 5 nitrogen and oxygen atoms in total. The molecule has 1 atom stereocenters. The molecule has 0 fully saturated rings. The van der Waals surface area contributed by atoms with Gasteiger partial charge in [0.05, 0.1) is 16.1 Å². The number of hydrogen-bond donors (Lipinski definition) is 0. The first-order valence-corrected chi connectivity index (χ1v) is 17.9. The van der Waals surface area contributed by atoms with E-state index < -0.39 is 15.4 Å². The summed E-state index contributed by atoms with van der Waals surface area (Å²) in [4.78, 5) is 13.6. The van der Waals surface area contributed by atoms with Crippen LogP contribution in [0.4, 0.5) is 0 Å². The SMILES string of the molecule is Cc1ccc(S(=O)(=O)n2c(-c3c(OCc4ccccc4)ccc4ccccc34)c(C[C@@]3(C)CC(=O)c4ccccc43)c3ccccc32)cc1. The molecule has 0 N–H and O–H groups in total. The van der Waals surface area contributed by atoms with E-state index in [9.17, 15) is 4.79 Å². The second-order valence-electron chi connectivity index (χ2n) is 13.2. The summed E-state index contributed by atoms with van der Waals surface area (Å²) in [5.74, 6) is 0.688. The van der Waals surface area contributed by atoms with Crippen molar-refractivity contribution in [3.63, 3.8) is 0 Å². The van der Waals surface area contributed by atoms with Crippen molar-refractivity contribution in [3.05, 3.63) is 167 Å². The molecule has 6 aromatic carbocycles. The topological polar surface area (TPSA) is 65.4 Å². The van der Waals surface area contributed by atoms with Gasteiger partial charge in [0, 0.05) is 28.3 Å². The minimum atomic E-state index is -4.12. The molecule has 1 heterocycles. The zero-order valence-electron chi connectivity index (χ0n) is 27.4. The van der Waals surface area contributed by atoms with Gasteiger partial charge in [0.1, 0.15) is 12.4 Å². The Kier molecular flexibility index (Phi) is 7.49. The van der Waals surface area contributed by atoms with Crippen LogP contribution in [0.1, 0.15) is 46.0 Å². The summed E-state index contributed by atoms with van der Waals surface area (Å²) >= 11 is 0. The maximum Gasteiger partial charge on any atom is 0.268 e. The van der Waals surface area contributed by atoms with Crippen LogP contribution in [0.15, 0.2) is 144 Å². The van der Waals surface area contributed by atoms with Crippen LogP contribution in [0.25, 0.3) is 32.9 Å². The molecule has 49 heavy (non-hydrogen) atoms. The van der Waals surface area contributed by atoms with Crippen LogP contribution in [-0.2, 0) is 28.5 Å². The van der Waals surface area contributed by atoms with Gasteiger partial charge in [-0.3, -0.25) is 4.79 Å². The van der Waals surface area contributed by atoms with Gasteiger partial charge in [-0.15, -0.1) is 0 Å². The number of ketones is 1. The molecule has 6 heteroatoms. The Hall–Kier alpha value is -5.46. The fraction of sp³-hybridized carbons (Fsp3) is 0.140. The van der Waals surface area contributed by atoms with Crippen LogP contribution in [0, 0.1) is 6.92 Å². The molecule has 0 amide bonds. The Bertz CT molecular complexity index is 2500. The van der Waals surface area contributed by atoms with Gasteiger partial charge in [0.2, 0.25) is 0 Å². The predicted molar refractivity (Wildman–Crippen MR) is 196 cm³/mol. The van der Waals surface area contributed by atoms with Crippen LogP contribution in [0.2, 0.25) is 0 Å². The zero-order valence-corrected chi connectivity index (χ0v) is 28.2. The number of carbonyl (C=O) groups excluding carboxylic acids is 1. The second-order valence-corrected chi connectivity index (χ2v) is 15.0. The number of benzene rings is 6. The van der Waals surface area contributed by atoms with E-state index >= 15 is 8.42 Å². The van der Waals surface area contributed by atoms with E-state index in [1.54, 1.807) is 12.1 Å². The van der Waals surface area contributed by atoms with E-state index in [4.69, 9.17) is 4.74 Å². The molecule has 0 bridgehead atoms. The van der Waals surface area contributed by atoms with Gasteiger partial charge in [-0.05, 0) is 65.1 Å². The molecule has 0 unspecified atom stereocenters. The third kappa shape index (κ3) is 5.24. The lowest BCUT2D eigenvalue weighted by atomic mass is 9.77. The fourth-order valence-corrected chi connectivity index (χ4v) is 9.02. The van der Waals surface area contributed by atoms with Gasteiger partial charge in [0.25, 0.3) is 10.0 Å². The number of carbonyl (C=O) groups is 1. The highest BCUT2D eigenvalue weighted by molar-refractivity contribution is 7.90. The van der Waals surface area contributed by atoms with Crippen molar-refractivity contribution in [1.29, 1.82) is 0 Å². The Morgan fingerprint density at radius 2 is 1.41 bits per heavy atom. The van der Waals surface area contributed by atoms with Crippen LogP contribution >= 0.6 is 0 Å². The molecule has 242 valence electrons. The smallest absolute Gasteiger partial charge is 0.268 e. The lowest BCUT2D eigenvalue weighted by molar-refractivity contribution is 0.0976. The van der Waals surface area contributed by atoms with Crippen molar-refractivity contribution in [2.45, 2.75) is 43.6 Å². The fourth-order valence-electron chi connectivity index (χ4n) is 7.47. The molecule has 8 rings (SSSR count). The van der Waals surface area contributed by atoms with E-state index in [0.29, 0.717) is 42.0 Å². The van der Waals surface area contributed by atoms with Gasteiger partial charge < -0.3 is 4.74 Å². The number of rotatable bonds is 8. The number of aryl methyl sites for hydroxylation is 1. The van der Waals surface area contributed by atoms with Crippen LogP contribution < -0.4 is 4.74 Å². The number of fused-ring (bicyclic) bond motifs is 3. The van der Waals surface area contributed by atoms with E-state index in [1.165, 1.54) is 3.97 Å². The summed E-state index contributed by atoms with van der Waals surface area (Å²) in [6, 6.07) is 44.5. The van der Waals surface area contributed by atoms with Crippen LogP contribution in [-0.4, -0.2) is 18.2 Å². The maximum absolute atomic E-state index is 15.0. The molecular formula is C43H35NO4S. The predicted octanol–water partition coefficient (Wildman–Crippen LogP) is 9.67. The lowest BCUT2D eigenvalue weighted by Gasteiger charge is -2.26. The molecule has 0 saturated heterocycles. The molecule has 7 aromatic rings. The molecule has 1 aromatic heterocycles. The summed E-state index contributed by atoms with van der Waals surface area (Å²) < 4.78 is 38.2. The Labute approximate surface area is 286 Å². The first kappa shape index (κ1) is 30.8. The van der Waals surface area contributed by atoms with Gasteiger partial charge in [-0.25, -0.2) is 12.4 Å². The van der Waals surface area contributed by atoms with Crippen molar-refractivity contribution in [3.8, 4) is 17.0 Å². The van der Waals surface area contributed by atoms with Gasteiger partial charge in [-0.1, -0.05) is 128 Å². The van der Waals surface area contributed by atoms with E-state index in [-0.39, 0.29) is 10.7 Å². The van der Waals surface area contributed by atoms with E-state index in [0.717, 1.165) is 44.0 Å². The third-order valence-electron chi connectivity index (χ3n) is 9.86. The summed E-state index contributed by atoms with van der Waals surface area (Å²) in [5, 5.41) is 2.67. The van der Waals surface area contributed by atoms with Gasteiger partial charge >= 0.3 is 0 Å². The lowest BCUT2D eigenvalue weighted by Crippen LogP contribution is -2.23. The van der Waals surface area contributed by atoms with Crippen LogP contribution in [0.3, 0.4) is 0 Å².